The van der Waals surface area contributed by atoms with Crippen LogP contribution in [0.15, 0.2) is 12.1 Å². The minimum absolute atomic E-state index is 0.0701. The standard InChI is InChI=1S/C8H4ClIN2O2/c9-6-3-5(1-2-11)7(10)4-8(6)12(13)14/h3-4H,1H2. The number of nitrogens with zero attached hydrogens (tertiary/aromatic N) is 2. The predicted molar refractivity (Wildman–Crippen MR) is 60.1 cm³/mol. The van der Waals surface area contributed by atoms with Gasteiger partial charge in [0.2, 0.25) is 0 Å². The van der Waals surface area contributed by atoms with Crippen molar-refractivity contribution in [3.8, 4) is 6.07 Å². The van der Waals surface area contributed by atoms with Crippen LogP contribution in [0.4, 0.5) is 5.69 Å². The first-order valence-corrected chi connectivity index (χ1v) is 5.01. The molecule has 6 heteroatoms. The van der Waals surface area contributed by atoms with E-state index in [2.05, 4.69) is 0 Å². The average Bonchev–Trinajstić information content (AvgIpc) is 2.10. The van der Waals surface area contributed by atoms with Gasteiger partial charge < -0.3 is 0 Å². The van der Waals surface area contributed by atoms with Gasteiger partial charge in [0, 0.05) is 9.64 Å². The van der Waals surface area contributed by atoms with Gasteiger partial charge in [-0.15, -0.1) is 0 Å². The van der Waals surface area contributed by atoms with E-state index in [1.54, 1.807) is 0 Å². The van der Waals surface area contributed by atoms with Gasteiger partial charge in [-0.2, -0.15) is 5.26 Å². The molecule has 0 heterocycles. The molecule has 0 radical (unpaired) electrons. The van der Waals surface area contributed by atoms with Gasteiger partial charge in [-0.1, -0.05) is 11.6 Å². The highest BCUT2D eigenvalue weighted by atomic mass is 127. The van der Waals surface area contributed by atoms with Crippen LogP contribution in [0.25, 0.3) is 0 Å². The molecule has 0 aliphatic rings. The lowest BCUT2D eigenvalue weighted by Crippen LogP contribution is -1.94. The van der Waals surface area contributed by atoms with Gasteiger partial charge in [0.05, 0.1) is 17.4 Å². The summed E-state index contributed by atoms with van der Waals surface area (Å²) < 4.78 is 0.681. The molecule has 4 nitrogen and oxygen atoms in total. The topological polar surface area (TPSA) is 66.9 Å². The van der Waals surface area contributed by atoms with E-state index in [1.165, 1.54) is 12.1 Å². The van der Waals surface area contributed by atoms with Gasteiger partial charge in [-0.3, -0.25) is 10.1 Å². The van der Waals surface area contributed by atoms with E-state index in [0.717, 1.165) is 0 Å². The van der Waals surface area contributed by atoms with Crippen molar-refractivity contribution >= 4 is 39.9 Å². The zero-order valence-electron chi connectivity index (χ0n) is 6.83. The summed E-state index contributed by atoms with van der Waals surface area (Å²) in [5.41, 5.74) is 0.585. The van der Waals surface area contributed by atoms with E-state index in [1.807, 2.05) is 28.7 Å². The molecular weight excluding hydrogens is 318 g/mol. The summed E-state index contributed by atoms with van der Waals surface area (Å²) in [4.78, 5) is 9.95. The Morgan fingerprint density at radius 1 is 1.64 bits per heavy atom. The number of nitro benzene ring substituents is 1. The first-order valence-electron chi connectivity index (χ1n) is 3.55. The van der Waals surface area contributed by atoms with Crippen LogP contribution in [-0.2, 0) is 6.42 Å². The number of rotatable bonds is 2. The first-order chi connectivity index (χ1) is 6.56. The second kappa shape index (κ2) is 4.57. The number of benzene rings is 1. The summed E-state index contributed by atoms with van der Waals surface area (Å²) in [6.45, 7) is 0. The van der Waals surface area contributed by atoms with Crippen LogP contribution in [0, 0.1) is 25.0 Å². The van der Waals surface area contributed by atoms with E-state index < -0.39 is 4.92 Å². The summed E-state index contributed by atoms with van der Waals surface area (Å²) in [7, 11) is 0. The summed E-state index contributed by atoms with van der Waals surface area (Å²) in [5, 5.41) is 19.0. The zero-order chi connectivity index (χ0) is 10.7. The van der Waals surface area contributed by atoms with Crippen LogP contribution in [0.5, 0.6) is 0 Å². The lowest BCUT2D eigenvalue weighted by Gasteiger charge is -2.01. The minimum Gasteiger partial charge on any atom is -0.258 e. The molecule has 1 aromatic carbocycles. The molecule has 0 bridgehead atoms. The Labute approximate surface area is 98.8 Å². The Bertz CT molecular complexity index is 428. The van der Waals surface area contributed by atoms with Crippen LogP contribution in [0.1, 0.15) is 5.56 Å². The molecule has 0 aliphatic heterocycles. The maximum Gasteiger partial charge on any atom is 0.288 e. The molecule has 0 aromatic heterocycles. The smallest absolute Gasteiger partial charge is 0.258 e. The van der Waals surface area contributed by atoms with Crippen LogP contribution < -0.4 is 0 Å². The largest absolute Gasteiger partial charge is 0.288 e. The fourth-order valence-electron chi connectivity index (χ4n) is 0.938. The third kappa shape index (κ3) is 2.33. The van der Waals surface area contributed by atoms with Crippen LogP contribution in [0.3, 0.4) is 0 Å². The molecule has 0 saturated carbocycles. The highest BCUT2D eigenvalue weighted by Crippen LogP contribution is 2.28. The second-order valence-electron chi connectivity index (χ2n) is 2.49. The number of nitro groups is 1. The van der Waals surface area contributed by atoms with E-state index in [0.29, 0.717) is 9.13 Å². The van der Waals surface area contributed by atoms with Gasteiger partial charge in [0.1, 0.15) is 5.02 Å². The second-order valence-corrected chi connectivity index (χ2v) is 4.06. The molecule has 0 saturated heterocycles. The van der Waals surface area contributed by atoms with Crippen molar-refractivity contribution in [2.75, 3.05) is 0 Å². The van der Waals surface area contributed by atoms with Crippen molar-refractivity contribution in [3.63, 3.8) is 0 Å². The normalized spacial score (nSPS) is 9.50. The lowest BCUT2D eigenvalue weighted by atomic mass is 10.1. The molecule has 0 unspecified atom stereocenters. The quantitative estimate of drug-likeness (QED) is 0.477. The molecule has 0 fully saturated rings. The van der Waals surface area contributed by atoms with Crippen molar-refractivity contribution < 1.29 is 4.92 Å². The number of hydrogen-bond acceptors (Lipinski definition) is 3. The fourth-order valence-corrected chi connectivity index (χ4v) is 1.83. The Morgan fingerprint density at radius 3 is 2.79 bits per heavy atom. The summed E-state index contributed by atoms with van der Waals surface area (Å²) in [6, 6.07) is 4.80. The number of nitriles is 1. The van der Waals surface area contributed by atoms with E-state index in [4.69, 9.17) is 16.9 Å². The minimum atomic E-state index is -0.541. The van der Waals surface area contributed by atoms with Crippen LogP contribution >= 0.6 is 34.2 Å². The van der Waals surface area contributed by atoms with E-state index in [-0.39, 0.29) is 17.1 Å². The van der Waals surface area contributed by atoms with Gasteiger partial charge >= 0.3 is 0 Å². The number of halogens is 2. The number of hydrogen-bond donors (Lipinski definition) is 0. The molecule has 14 heavy (non-hydrogen) atoms. The van der Waals surface area contributed by atoms with E-state index >= 15 is 0 Å². The maximum atomic E-state index is 10.5. The summed E-state index contributed by atoms with van der Waals surface area (Å²) in [6.07, 6.45) is 0.204. The molecular formula is C8H4ClIN2O2. The van der Waals surface area contributed by atoms with Gasteiger partial charge in [0.15, 0.2) is 0 Å². The molecule has 0 spiro atoms. The molecule has 1 rings (SSSR count). The van der Waals surface area contributed by atoms with Crippen molar-refractivity contribution in [3.05, 3.63) is 36.4 Å². The van der Waals surface area contributed by atoms with Crippen LogP contribution in [0.2, 0.25) is 5.02 Å². The average molecular weight is 322 g/mol. The molecule has 72 valence electrons. The highest BCUT2D eigenvalue weighted by molar-refractivity contribution is 14.1. The summed E-state index contributed by atoms with van der Waals surface area (Å²) >= 11 is 7.62. The molecule has 0 amide bonds. The lowest BCUT2D eigenvalue weighted by molar-refractivity contribution is -0.384. The van der Waals surface area contributed by atoms with Gasteiger partial charge in [-0.05, 0) is 34.2 Å². The molecule has 0 N–H and O–H groups in total. The Balaban J connectivity index is 3.25. The predicted octanol–water partition coefficient (Wildman–Crippen LogP) is 2.92. The van der Waals surface area contributed by atoms with Crippen molar-refractivity contribution in [1.29, 1.82) is 5.26 Å². The van der Waals surface area contributed by atoms with Gasteiger partial charge in [-0.25, -0.2) is 0 Å². The SMILES string of the molecule is N#CCc1cc(Cl)c([N+](=O)[O-])cc1I. The van der Waals surface area contributed by atoms with Crippen LogP contribution in [-0.4, -0.2) is 4.92 Å². The van der Waals surface area contributed by atoms with Crippen molar-refractivity contribution in [1.82, 2.24) is 0 Å². The maximum absolute atomic E-state index is 10.5. The Morgan fingerprint density at radius 2 is 2.29 bits per heavy atom. The highest BCUT2D eigenvalue weighted by Gasteiger charge is 2.15. The first kappa shape index (κ1) is 11.2. The fraction of sp³-hybridized carbons (Fsp3) is 0.125. The van der Waals surface area contributed by atoms with Crippen molar-refractivity contribution in [2.45, 2.75) is 6.42 Å². The molecule has 1 aromatic rings. The monoisotopic (exact) mass is 322 g/mol. The molecule has 0 aliphatic carbocycles. The van der Waals surface area contributed by atoms with Gasteiger partial charge in [0.25, 0.3) is 5.69 Å². The zero-order valence-corrected chi connectivity index (χ0v) is 9.74. The summed E-state index contributed by atoms with van der Waals surface area (Å²) in [5.74, 6) is 0. The molecule has 0 atom stereocenters. The third-order valence-electron chi connectivity index (χ3n) is 1.58. The third-order valence-corrected chi connectivity index (χ3v) is 2.89. The Kier molecular flexibility index (Phi) is 3.66. The van der Waals surface area contributed by atoms with Crippen molar-refractivity contribution in [2.24, 2.45) is 0 Å². The Hall–Kier alpha value is -0.870. The van der Waals surface area contributed by atoms with E-state index in [9.17, 15) is 10.1 Å².